The molecule has 0 bridgehead atoms. The average Bonchev–Trinajstić information content (AvgIpc) is 2.39. The van der Waals surface area contributed by atoms with Gasteiger partial charge in [-0.2, -0.15) is 0 Å². The number of aromatic nitrogens is 1. The van der Waals surface area contributed by atoms with Crippen molar-refractivity contribution >= 4 is 0 Å². The highest BCUT2D eigenvalue weighted by Gasteiger charge is 2.03. The van der Waals surface area contributed by atoms with Crippen molar-refractivity contribution in [3.63, 3.8) is 0 Å². The fourth-order valence-electron chi connectivity index (χ4n) is 1.45. The molecule has 1 aromatic rings. The highest BCUT2D eigenvalue weighted by Crippen LogP contribution is 1.97. The monoisotopic (exact) mass is 240 g/mol. The Morgan fingerprint density at radius 3 is 2.47 bits per heavy atom. The number of pyridine rings is 1. The maximum Gasteiger partial charge on any atom is 0.171 e. The maximum absolute atomic E-state index is 5.48. The lowest BCUT2D eigenvalue weighted by molar-refractivity contribution is -0.698. The molecule has 4 nitrogen and oxygen atoms in total. The molecule has 0 fully saturated rings. The first-order valence-corrected chi connectivity index (χ1v) is 6.03. The van der Waals surface area contributed by atoms with E-state index < -0.39 is 0 Å². The van der Waals surface area contributed by atoms with Crippen molar-refractivity contribution in [1.29, 1.82) is 0 Å². The quantitative estimate of drug-likeness (QED) is 0.371. The minimum atomic E-state index is -0.109. The summed E-state index contributed by atoms with van der Waals surface area (Å²) in [5, 5.41) is 0. The Bertz CT molecular complexity index is 275. The van der Waals surface area contributed by atoms with Gasteiger partial charge in [0.25, 0.3) is 0 Å². The summed E-state index contributed by atoms with van der Waals surface area (Å²) >= 11 is 0. The molecule has 0 aliphatic carbocycles. The van der Waals surface area contributed by atoms with E-state index in [9.17, 15) is 0 Å². The van der Waals surface area contributed by atoms with Crippen LogP contribution >= 0.6 is 0 Å². The summed E-state index contributed by atoms with van der Waals surface area (Å²) in [5.41, 5.74) is 0. The van der Waals surface area contributed by atoms with Crippen molar-refractivity contribution in [2.45, 2.75) is 26.2 Å². The van der Waals surface area contributed by atoms with Crippen LogP contribution in [0.25, 0.3) is 0 Å². The van der Waals surface area contributed by atoms with Crippen LogP contribution in [-0.2, 0) is 20.8 Å². The molecule has 0 N–H and O–H groups in total. The Labute approximate surface area is 103 Å². The number of nitrogens with zero attached hydrogens (tertiary/aromatic N) is 1. The first-order chi connectivity index (χ1) is 8.36. The third-order valence-corrected chi connectivity index (χ3v) is 2.40. The van der Waals surface area contributed by atoms with E-state index in [-0.39, 0.29) is 6.29 Å². The van der Waals surface area contributed by atoms with Gasteiger partial charge in [-0.25, -0.2) is 4.57 Å². The van der Waals surface area contributed by atoms with Crippen LogP contribution in [0.2, 0.25) is 0 Å². The summed E-state index contributed by atoms with van der Waals surface area (Å²) < 4.78 is 18.1. The third-order valence-electron chi connectivity index (χ3n) is 2.40. The van der Waals surface area contributed by atoms with Gasteiger partial charge in [-0.1, -0.05) is 13.0 Å². The molecule has 1 unspecified atom stereocenters. The minimum absolute atomic E-state index is 0.109. The van der Waals surface area contributed by atoms with Gasteiger partial charge in [0.2, 0.25) is 0 Å². The van der Waals surface area contributed by atoms with Crippen LogP contribution in [-0.4, -0.2) is 33.2 Å². The molecule has 96 valence electrons. The lowest BCUT2D eigenvalue weighted by Crippen LogP contribution is -2.35. The van der Waals surface area contributed by atoms with E-state index >= 15 is 0 Å². The molecular weight excluding hydrogens is 218 g/mol. The van der Waals surface area contributed by atoms with Crippen molar-refractivity contribution in [3.8, 4) is 0 Å². The van der Waals surface area contributed by atoms with Gasteiger partial charge >= 0.3 is 0 Å². The predicted molar refractivity (Wildman–Crippen MR) is 64.5 cm³/mol. The number of rotatable bonds is 9. The van der Waals surface area contributed by atoms with Gasteiger partial charge in [-0.05, 0) is 6.42 Å². The zero-order chi connectivity index (χ0) is 12.3. The second-order valence-corrected chi connectivity index (χ2v) is 3.67. The molecule has 0 spiro atoms. The summed E-state index contributed by atoms with van der Waals surface area (Å²) in [6, 6.07) is 6.02. The predicted octanol–water partition coefficient (Wildman–Crippen LogP) is 1.39. The molecule has 0 saturated heterocycles. The van der Waals surface area contributed by atoms with E-state index in [4.69, 9.17) is 14.2 Å². The van der Waals surface area contributed by atoms with Crippen LogP contribution < -0.4 is 4.57 Å². The molecular formula is C13H22NO3+. The van der Waals surface area contributed by atoms with Gasteiger partial charge in [-0.3, -0.25) is 0 Å². The summed E-state index contributed by atoms with van der Waals surface area (Å²) in [6.07, 6.45) is 4.80. The lowest BCUT2D eigenvalue weighted by atomic mass is 10.5. The van der Waals surface area contributed by atoms with Gasteiger partial charge in [0.15, 0.2) is 25.2 Å². The first kappa shape index (κ1) is 14.1. The molecule has 17 heavy (non-hydrogen) atoms. The van der Waals surface area contributed by atoms with Crippen molar-refractivity contribution in [2.24, 2.45) is 0 Å². The molecule has 1 atom stereocenters. The van der Waals surface area contributed by atoms with E-state index in [2.05, 4.69) is 4.57 Å². The van der Waals surface area contributed by atoms with Crippen LogP contribution in [0.5, 0.6) is 0 Å². The fourth-order valence-corrected chi connectivity index (χ4v) is 1.45. The topological polar surface area (TPSA) is 31.6 Å². The van der Waals surface area contributed by atoms with Crippen LogP contribution in [0, 0.1) is 0 Å². The number of hydrogen-bond donors (Lipinski definition) is 0. The fraction of sp³-hybridized carbons (Fsp3) is 0.615. The minimum Gasteiger partial charge on any atom is -0.372 e. The zero-order valence-electron chi connectivity index (χ0n) is 10.7. The summed E-state index contributed by atoms with van der Waals surface area (Å²) in [5.74, 6) is 0. The Hall–Kier alpha value is -0.970. The average molecular weight is 240 g/mol. The smallest absolute Gasteiger partial charge is 0.171 e. The maximum atomic E-state index is 5.48. The Kier molecular flexibility index (Phi) is 7.54. The summed E-state index contributed by atoms with van der Waals surface area (Å²) in [7, 11) is 1.65. The van der Waals surface area contributed by atoms with Crippen LogP contribution in [0.15, 0.2) is 30.6 Å². The van der Waals surface area contributed by atoms with Crippen molar-refractivity contribution in [3.05, 3.63) is 30.6 Å². The van der Waals surface area contributed by atoms with E-state index in [1.807, 2.05) is 37.5 Å². The molecule has 0 amide bonds. The van der Waals surface area contributed by atoms with Crippen molar-refractivity contribution in [2.75, 3.05) is 26.9 Å². The van der Waals surface area contributed by atoms with E-state index in [0.717, 1.165) is 13.0 Å². The number of hydrogen-bond acceptors (Lipinski definition) is 3. The van der Waals surface area contributed by atoms with Gasteiger partial charge in [0, 0.05) is 19.2 Å². The van der Waals surface area contributed by atoms with Crippen molar-refractivity contribution < 1.29 is 18.8 Å². The second kappa shape index (κ2) is 9.10. The molecule has 1 rings (SSSR count). The Morgan fingerprint density at radius 1 is 1.06 bits per heavy atom. The normalized spacial score (nSPS) is 12.6. The zero-order valence-corrected chi connectivity index (χ0v) is 10.7. The van der Waals surface area contributed by atoms with Gasteiger partial charge in [0.05, 0.1) is 13.2 Å². The molecule has 0 saturated carbocycles. The third kappa shape index (κ3) is 6.36. The van der Waals surface area contributed by atoms with Gasteiger partial charge in [-0.15, -0.1) is 0 Å². The van der Waals surface area contributed by atoms with E-state index in [0.29, 0.717) is 19.8 Å². The Balaban J connectivity index is 1.98. The lowest BCUT2D eigenvalue weighted by Gasteiger charge is -2.13. The van der Waals surface area contributed by atoms with Crippen LogP contribution in [0.3, 0.4) is 0 Å². The van der Waals surface area contributed by atoms with Crippen molar-refractivity contribution in [1.82, 2.24) is 0 Å². The molecule has 4 heteroatoms. The standard InChI is InChI=1S/C13H22NO3/c1-3-13(15-2)17-12-11-16-10-9-14-7-5-4-6-8-14/h4-8,13H,3,9-12H2,1-2H3/q+1. The molecule has 1 aromatic heterocycles. The highest BCUT2D eigenvalue weighted by molar-refractivity contribution is 4.83. The molecule has 0 aromatic carbocycles. The molecule has 0 aliphatic rings. The molecule has 1 heterocycles. The van der Waals surface area contributed by atoms with Gasteiger partial charge < -0.3 is 14.2 Å². The number of methoxy groups -OCH3 is 1. The van der Waals surface area contributed by atoms with E-state index in [1.165, 1.54) is 0 Å². The SMILES string of the molecule is CCC(OC)OCCOCC[n+]1ccccc1. The largest absolute Gasteiger partial charge is 0.372 e. The van der Waals surface area contributed by atoms with Crippen LogP contribution in [0.1, 0.15) is 13.3 Å². The first-order valence-electron chi connectivity index (χ1n) is 6.03. The summed E-state index contributed by atoms with van der Waals surface area (Å²) in [4.78, 5) is 0. The second-order valence-electron chi connectivity index (χ2n) is 3.67. The summed E-state index contributed by atoms with van der Waals surface area (Å²) in [6.45, 7) is 4.77. The Morgan fingerprint density at radius 2 is 1.82 bits per heavy atom. The number of ether oxygens (including phenoxy) is 3. The van der Waals surface area contributed by atoms with Gasteiger partial charge in [0.1, 0.15) is 6.61 Å². The van der Waals surface area contributed by atoms with Crippen LogP contribution in [0.4, 0.5) is 0 Å². The highest BCUT2D eigenvalue weighted by atomic mass is 16.7. The molecule has 0 radical (unpaired) electrons. The molecule has 0 aliphatic heterocycles. The van der Waals surface area contributed by atoms with E-state index in [1.54, 1.807) is 7.11 Å².